The molecule has 24 heavy (non-hydrogen) atoms. The standard InChI is InChI=1S/C19H23N5/c1-13-7-14(2)18-17(8-13)19(15(9-20)10-21-18)22-11-16-12-23-3-5-24(16)6-4-23/h7-8,10,16H,3-6,11-12H2,1-2H3,(H,21,22). The van der Waals surface area contributed by atoms with Crippen LogP contribution >= 0.6 is 0 Å². The molecule has 1 unspecified atom stereocenters. The van der Waals surface area contributed by atoms with Crippen LogP contribution in [0.5, 0.6) is 0 Å². The number of aryl methyl sites for hydroxylation is 2. The average molecular weight is 321 g/mol. The van der Waals surface area contributed by atoms with Gasteiger partial charge in [0.25, 0.3) is 0 Å². The number of nitriles is 1. The summed E-state index contributed by atoms with van der Waals surface area (Å²) in [5.74, 6) is 0. The Labute approximate surface area is 142 Å². The van der Waals surface area contributed by atoms with Crippen LogP contribution < -0.4 is 5.32 Å². The lowest BCUT2D eigenvalue weighted by atomic mass is 10.0. The molecule has 0 aliphatic carbocycles. The lowest BCUT2D eigenvalue weighted by Gasteiger charge is -2.47. The molecular weight excluding hydrogens is 298 g/mol. The van der Waals surface area contributed by atoms with Crippen molar-refractivity contribution in [3.8, 4) is 6.07 Å². The molecule has 0 saturated carbocycles. The second-order valence-electron chi connectivity index (χ2n) is 7.01. The zero-order chi connectivity index (χ0) is 16.7. The Balaban J connectivity index is 1.66. The van der Waals surface area contributed by atoms with E-state index in [1.807, 2.05) is 0 Å². The maximum Gasteiger partial charge on any atom is 0.103 e. The van der Waals surface area contributed by atoms with Crippen molar-refractivity contribution in [2.75, 3.05) is 44.6 Å². The molecule has 0 amide bonds. The molecular formula is C19H23N5. The van der Waals surface area contributed by atoms with Crippen LogP contribution in [0.2, 0.25) is 0 Å². The maximum absolute atomic E-state index is 9.51. The monoisotopic (exact) mass is 321 g/mol. The van der Waals surface area contributed by atoms with E-state index >= 15 is 0 Å². The predicted molar refractivity (Wildman–Crippen MR) is 96.2 cm³/mol. The van der Waals surface area contributed by atoms with Gasteiger partial charge in [0.1, 0.15) is 6.07 Å². The van der Waals surface area contributed by atoms with Gasteiger partial charge in [-0.2, -0.15) is 5.26 Å². The zero-order valence-electron chi connectivity index (χ0n) is 14.3. The van der Waals surface area contributed by atoms with E-state index in [0.717, 1.165) is 48.3 Å². The summed E-state index contributed by atoms with van der Waals surface area (Å²) < 4.78 is 0. The molecule has 3 fully saturated rings. The fourth-order valence-corrected chi connectivity index (χ4v) is 4.07. The summed E-state index contributed by atoms with van der Waals surface area (Å²) in [5.41, 5.74) is 4.91. The molecule has 3 saturated heterocycles. The van der Waals surface area contributed by atoms with Crippen molar-refractivity contribution in [2.24, 2.45) is 0 Å². The van der Waals surface area contributed by atoms with Crippen molar-refractivity contribution < 1.29 is 0 Å². The normalized spacial score (nSPS) is 25.6. The van der Waals surface area contributed by atoms with Gasteiger partial charge in [-0.3, -0.25) is 14.8 Å². The third kappa shape index (κ3) is 2.62. The highest BCUT2D eigenvalue weighted by Gasteiger charge is 2.31. The number of hydrogen-bond acceptors (Lipinski definition) is 5. The van der Waals surface area contributed by atoms with Crippen LogP contribution in [0.25, 0.3) is 10.9 Å². The van der Waals surface area contributed by atoms with E-state index in [9.17, 15) is 5.26 Å². The van der Waals surface area contributed by atoms with Crippen LogP contribution in [0.4, 0.5) is 5.69 Å². The second-order valence-corrected chi connectivity index (χ2v) is 7.01. The minimum absolute atomic E-state index is 0.521. The molecule has 124 valence electrons. The molecule has 2 aromatic rings. The topological polar surface area (TPSA) is 55.2 Å². The van der Waals surface area contributed by atoms with Crippen molar-refractivity contribution in [2.45, 2.75) is 19.9 Å². The Morgan fingerprint density at radius 1 is 1.25 bits per heavy atom. The highest BCUT2D eigenvalue weighted by molar-refractivity contribution is 5.96. The molecule has 3 aliphatic rings. The van der Waals surface area contributed by atoms with E-state index in [0.29, 0.717) is 11.6 Å². The first-order valence-electron chi connectivity index (χ1n) is 8.66. The average Bonchev–Trinajstić information content (AvgIpc) is 2.60. The molecule has 0 radical (unpaired) electrons. The third-order valence-electron chi connectivity index (χ3n) is 5.33. The Morgan fingerprint density at radius 3 is 2.71 bits per heavy atom. The van der Waals surface area contributed by atoms with Gasteiger partial charge in [0.2, 0.25) is 0 Å². The van der Waals surface area contributed by atoms with Gasteiger partial charge in [-0.15, -0.1) is 0 Å². The minimum Gasteiger partial charge on any atom is -0.382 e. The molecule has 1 N–H and O–H groups in total. The molecule has 3 aliphatic heterocycles. The van der Waals surface area contributed by atoms with Crippen LogP contribution in [0, 0.1) is 25.2 Å². The lowest BCUT2D eigenvalue weighted by Crippen LogP contribution is -2.62. The number of benzene rings is 1. The van der Waals surface area contributed by atoms with Crippen molar-refractivity contribution in [1.82, 2.24) is 14.8 Å². The number of aromatic nitrogens is 1. The summed E-state index contributed by atoms with van der Waals surface area (Å²) in [6.07, 6.45) is 1.70. The first-order valence-corrected chi connectivity index (χ1v) is 8.66. The van der Waals surface area contributed by atoms with E-state index < -0.39 is 0 Å². The Bertz CT molecular complexity index is 815. The van der Waals surface area contributed by atoms with Gasteiger partial charge in [-0.05, 0) is 25.5 Å². The zero-order valence-corrected chi connectivity index (χ0v) is 14.3. The van der Waals surface area contributed by atoms with Crippen LogP contribution in [-0.4, -0.2) is 60.1 Å². The Kier molecular flexibility index (Phi) is 3.87. The SMILES string of the molecule is Cc1cc(C)c2ncc(C#N)c(NCC3CN4CCN3CC4)c2c1. The number of rotatable bonds is 3. The highest BCUT2D eigenvalue weighted by atomic mass is 15.3. The molecule has 5 rings (SSSR count). The van der Waals surface area contributed by atoms with E-state index in [4.69, 9.17) is 0 Å². The van der Waals surface area contributed by atoms with Gasteiger partial charge in [-0.25, -0.2) is 0 Å². The number of pyridine rings is 1. The number of fused-ring (bicyclic) bond motifs is 4. The predicted octanol–water partition coefficient (Wildman–Crippen LogP) is 2.14. The van der Waals surface area contributed by atoms with Gasteiger partial charge in [0.05, 0.1) is 16.8 Å². The number of nitrogens with one attached hydrogen (secondary N) is 1. The third-order valence-corrected chi connectivity index (χ3v) is 5.33. The molecule has 0 spiro atoms. The van der Waals surface area contributed by atoms with E-state index in [-0.39, 0.29) is 0 Å². The fraction of sp³-hybridized carbons (Fsp3) is 0.474. The van der Waals surface area contributed by atoms with Crippen LogP contribution in [0.3, 0.4) is 0 Å². The molecule has 1 atom stereocenters. The first-order chi connectivity index (χ1) is 11.7. The Morgan fingerprint density at radius 2 is 2.04 bits per heavy atom. The molecule has 5 heteroatoms. The summed E-state index contributed by atoms with van der Waals surface area (Å²) in [7, 11) is 0. The summed E-state index contributed by atoms with van der Waals surface area (Å²) >= 11 is 0. The van der Waals surface area contributed by atoms with E-state index in [1.54, 1.807) is 6.20 Å². The number of piperazine rings is 3. The molecule has 1 aromatic heterocycles. The summed E-state index contributed by atoms with van der Waals surface area (Å²) in [4.78, 5) is 9.61. The minimum atomic E-state index is 0.521. The van der Waals surface area contributed by atoms with Gasteiger partial charge < -0.3 is 5.32 Å². The molecule has 1 aromatic carbocycles. The molecule has 4 heterocycles. The van der Waals surface area contributed by atoms with Crippen molar-refractivity contribution in [3.05, 3.63) is 35.0 Å². The van der Waals surface area contributed by atoms with Crippen molar-refractivity contribution in [3.63, 3.8) is 0 Å². The number of nitrogens with zero attached hydrogens (tertiary/aromatic N) is 4. The van der Waals surface area contributed by atoms with Gasteiger partial charge in [0.15, 0.2) is 0 Å². The maximum atomic E-state index is 9.51. The van der Waals surface area contributed by atoms with Gasteiger partial charge in [-0.1, -0.05) is 11.6 Å². The van der Waals surface area contributed by atoms with Crippen LogP contribution in [0.1, 0.15) is 16.7 Å². The summed E-state index contributed by atoms with van der Waals surface area (Å²) in [5, 5.41) is 14.2. The first kappa shape index (κ1) is 15.4. The van der Waals surface area contributed by atoms with E-state index in [2.05, 4.69) is 52.2 Å². The summed E-state index contributed by atoms with van der Waals surface area (Å²) in [6, 6.07) is 7.10. The smallest absolute Gasteiger partial charge is 0.103 e. The largest absolute Gasteiger partial charge is 0.382 e. The summed E-state index contributed by atoms with van der Waals surface area (Å²) in [6.45, 7) is 10.9. The number of anilines is 1. The lowest BCUT2D eigenvalue weighted by molar-refractivity contribution is 0.0189. The second kappa shape index (κ2) is 6.04. The van der Waals surface area contributed by atoms with Crippen LogP contribution in [-0.2, 0) is 0 Å². The molecule has 5 nitrogen and oxygen atoms in total. The van der Waals surface area contributed by atoms with Gasteiger partial charge >= 0.3 is 0 Å². The van der Waals surface area contributed by atoms with Gasteiger partial charge in [0, 0.05) is 56.9 Å². The van der Waals surface area contributed by atoms with Crippen molar-refractivity contribution in [1.29, 1.82) is 5.26 Å². The van der Waals surface area contributed by atoms with Crippen LogP contribution in [0.15, 0.2) is 18.3 Å². The van der Waals surface area contributed by atoms with Crippen molar-refractivity contribution >= 4 is 16.6 Å². The highest BCUT2D eigenvalue weighted by Crippen LogP contribution is 2.29. The fourth-order valence-electron chi connectivity index (χ4n) is 4.07. The van der Waals surface area contributed by atoms with E-state index in [1.165, 1.54) is 18.7 Å². The quantitative estimate of drug-likeness (QED) is 0.938. The Hall–Kier alpha value is -2.16. The molecule has 2 bridgehead atoms. The number of hydrogen-bond donors (Lipinski definition) is 1.